The topological polar surface area (TPSA) is 61.0 Å². The van der Waals surface area contributed by atoms with E-state index in [-0.39, 0.29) is 10.6 Å². The Kier molecular flexibility index (Phi) is 3.62. The zero-order valence-corrected chi connectivity index (χ0v) is 12.2. The van der Waals surface area contributed by atoms with E-state index >= 15 is 0 Å². The molecule has 6 heteroatoms. The number of para-hydroxylation sites is 2. The monoisotopic (exact) mass is 299 g/mol. The van der Waals surface area contributed by atoms with Crippen molar-refractivity contribution in [2.75, 3.05) is 0 Å². The molecule has 0 unspecified atom stereocenters. The molecule has 3 rings (SSSR count). The Morgan fingerprint density at radius 1 is 1.19 bits per heavy atom. The minimum Gasteiger partial charge on any atom is -0.322 e. The fourth-order valence-electron chi connectivity index (χ4n) is 2.11. The molecule has 0 atom stereocenters. The lowest BCUT2D eigenvalue weighted by Gasteiger charge is -2.02. The van der Waals surface area contributed by atoms with Crippen molar-refractivity contribution >= 4 is 28.5 Å². The summed E-state index contributed by atoms with van der Waals surface area (Å²) in [5.41, 5.74) is 3.24. The highest BCUT2D eigenvalue weighted by Gasteiger charge is 2.09. The van der Waals surface area contributed by atoms with Crippen LogP contribution in [-0.4, -0.2) is 14.5 Å². The Hall–Kier alpha value is -2.34. The number of rotatable bonds is 4. The molecule has 0 aliphatic heterocycles. The van der Waals surface area contributed by atoms with Crippen LogP contribution in [0.1, 0.15) is 5.56 Å². The van der Waals surface area contributed by atoms with Gasteiger partial charge in [-0.1, -0.05) is 36.0 Å². The Labute approximate surface area is 125 Å². The van der Waals surface area contributed by atoms with E-state index in [9.17, 15) is 10.1 Å². The molecule has 0 amide bonds. The highest BCUT2D eigenvalue weighted by Crippen LogP contribution is 2.26. The van der Waals surface area contributed by atoms with Gasteiger partial charge in [-0.15, -0.1) is 0 Å². The number of aryl methyl sites for hydroxylation is 1. The van der Waals surface area contributed by atoms with E-state index in [1.165, 1.54) is 12.1 Å². The summed E-state index contributed by atoms with van der Waals surface area (Å²) in [6.07, 6.45) is 0. The van der Waals surface area contributed by atoms with Crippen molar-refractivity contribution in [3.63, 3.8) is 0 Å². The zero-order chi connectivity index (χ0) is 14.8. The van der Waals surface area contributed by atoms with Crippen molar-refractivity contribution in [1.82, 2.24) is 9.55 Å². The molecule has 0 radical (unpaired) electrons. The van der Waals surface area contributed by atoms with E-state index in [1.54, 1.807) is 23.9 Å². The Balaban J connectivity index is 1.77. The summed E-state index contributed by atoms with van der Waals surface area (Å²) in [4.78, 5) is 14.8. The van der Waals surface area contributed by atoms with E-state index in [2.05, 4.69) is 9.55 Å². The molecular formula is C15H13N3O2S. The Morgan fingerprint density at radius 2 is 1.90 bits per heavy atom. The van der Waals surface area contributed by atoms with Gasteiger partial charge in [0.25, 0.3) is 5.69 Å². The maximum absolute atomic E-state index is 10.6. The van der Waals surface area contributed by atoms with Crippen molar-refractivity contribution in [3.8, 4) is 0 Å². The minimum absolute atomic E-state index is 0.117. The van der Waals surface area contributed by atoms with Gasteiger partial charge in [0.1, 0.15) is 0 Å². The molecule has 0 N–H and O–H groups in total. The van der Waals surface area contributed by atoms with Gasteiger partial charge in [0.05, 0.1) is 16.0 Å². The number of imidazole rings is 1. The maximum Gasteiger partial charge on any atom is 0.269 e. The summed E-state index contributed by atoms with van der Waals surface area (Å²) in [7, 11) is 1.99. The molecule has 5 nitrogen and oxygen atoms in total. The quantitative estimate of drug-likeness (QED) is 0.418. The van der Waals surface area contributed by atoms with Crippen molar-refractivity contribution in [3.05, 3.63) is 64.2 Å². The molecule has 0 aliphatic carbocycles. The molecule has 21 heavy (non-hydrogen) atoms. The first-order chi connectivity index (χ1) is 10.1. The number of thioether (sulfide) groups is 1. The molecule has 0 aliphatic rings. The van der Waals surface area contributed by atoms with Gasteiger partial charge in [0.15, 0.2) is 5.16 Å². The van der Waals surface area contributed by atoms with Crippen LogP contribution in [-0.2, 0) is 12.8 Å². The van der Waals surface area contributed by atoms with E-state index in [1.807, 2.05) is 31.3 Å². The number of hydrogen-bond acceptors (Lipinski definition) is 4. The smallest absolute Gasteiger partial charge is 0.269 e. The Bertz CT molecular complexity index is 796. The van der Waals surface area contributed by atoms with Crippen molar-refractivity contribution in [2.45, 2.75) is 10.9 Å². The number of aromatic nitrogens is 2. The summed E-state index contributed by atoms with van der Waals surface area (Å²) in [5, 5.41) is 11.6. The SMILES string of the molecule is Cn1c(SCc2ccc([N+](=O)[O-])cc2)nc2ccccc21. The number of nitro groups is 1. The van der Waals surface area contributed by atoms with Crippen LogP contribution in [0.4, 0.5) is 5.69 Å². The molecule has 0 bridgehead atoms. The second-order valence-corrected chi connectivity index (χ2v) is 5.60. The lowest BCUT2D eigenvalue weighted by atomic mass is 10.2. The third-order valence-corrected chi connectivity index (χ3v) is 4.36. The molecule has 3 aromatic rings. The summed E-state index contributed by atoms with van der Waals surface area (Å²) in [5.74, 6) is 0.731. The number of fused-ring (bicyclic) bond motifs is 1. The number of non-ortho nitro benzene ring substituents is 1. The zero-order valence-electron chi connectivity index (χ0n) is 11.4. The van der Waals surface area contributed by atoms with Gasteiger partial charge in [0, 0.05) is 24.9 Å². The summed E-state index contributed by atoms with van der Waals surface area (Å²) >= 11 is 1.62. The van der Waals surface area contributed by atoms with Gasteiger partial charge in [-0.05, 0) is 17.7 Å². The van der Waals surface area contributed by atoms with Crippen molar-refractivity contribution in [2.24, 2.45) is 7.05 Å². The van der Waals surface area contributed by atoms with E-state index in [0.29, 0.717) is 0 Å². The van der Waals surface area contributed by atoms with E-state index in [0.717, 1.165) is 27.5 Å². The molecule has 1 aromatic heterocycles. The summed E-state index contributed by atoms with van der Waals surface area (Å²) in [6.45, 7) is 0. The first-order valence-corrected chi connectivity index (χ1v) is 7.41. The van der Waals surface area contributed by atoms with Crippen LogP contribution >= 0.6 is 11.8 Å². The molecule has 0 saturated heterocycles. The van der Waals surface area contributed by atoms with Crippen LogP contribution in [0.15, 0.2) is 53.7 Å². The predicted molar refractivity (Wildman–Crippen MR) is 83.4 cm³/mol. The average molecular weight is 299 g/mol. The van der Waals surface area contributed by atoms with Gasteiger partial charge in [-0.3, -0.25) is 10.1 Å². The fourth-order valence-corrected chi connectivity index (χ4v) is 3.06. The van der Waals surface area contributed by atoms with Crippen LogP contribution in [0.25, 0.3) is 11.0 Å². The van der Waals surface area contributed by atoms with Crippen LogP contribution in [0, 0.1) is 10.1 Å². The number of nitrogens with zero attached hydrogens (tertiary/aromatic N) is 3. The van der Waals surface area contributed by atoms with Crippen LogP contribution in [0.5, 0.6) is 0 Å². The second-order valence-electron chi connectivity index (χ2n) is 4.65. The minimum atomic E-state index is -0.387. The largest absolute Gasteiger partial charge is 0.322 e. The first-order valence-electron chi connectivity index (χ1n) is 6.43. The molecular weight excluding hydrogens is 286 g/mol. The van der Waals surface area contributed by atoms with Crippen molar-refractivity contribution in [1.29, 1.82) is 0 Å². The normalized spacial score (nSPS) is 10.9. The van der Waals surface area contributed by atoms with Gasteiger partial charge >= 0.3 is 0 Å². The van der Waals surface area contributed by atoms with Gasteiger partial charge in [-0.2, -0.15) is 0 Å². The van der Waals surface area contributed by atoms with Gasteiger partial charge in [0.2, 0.25) is 0 Å². The fraction of sp³-hybridized carbons (Fsp3) is 0.133. The van der Waals surface area contributed by atoms with Crippen molar-refractivity contribution < 1.29 is 4.92 Å². The van der Waals surface area contributed by atoms with Crippen LogP contribution in [0.3, 0.4) is 0 Å². The standard InChI is InChI=1S/C15H13N3O2S/c1-17-14-5-3-2-4-13(14)16-15(17)21-10-11-6-8-12(9-7-11)18(19)20/h2-9H,10H2,1H3. The number of nitro benzene ring substituents is 1. The first kappa shape index (κ1) is 13.6. The lowest BCUT2D eigenvalue weighted by molar-refractivity contribution is -0.384. The Morgan fingerprint density at radius 3 is 2.57 bits per heavy atom. The van der Waals surface area contributed by atoms with Gasteiger partial charge < -0.3 is 4.57 Å². The number of benzene rings is 2. The highest BCUT2D eigenvalue weighted by molar-refractivity contribution is 7.98. The maximum atomic E-state index is 10.6. The molecule has 0 saturated carbocycles. The van der Waals surface area contributed by atoms with Crippen LogP contribution in [0.2, 0.25) is 0 Å². The molecule has 2 aromatic carbocycles. The molecule has 1 heterocycles. The molecule has 0 fully saturated rings. The predicted octanol–water partition coefficient (Wildman–Crippen LogP) is 3.77. The average Bonchev–Trinajstić information content (AvgIpc) is 2.82. The number of hydrogen-bond donors (Lipinski definition) is 0. The van der Waals surface area contributed by atoms with Gasteiger partial charge in [-0.25, -0.2) is 4.98 Å². The van der Waals surface area contributed by atoms with E-state index in [4.69, 9.17) is 0 Å². The van der Waals surface area contributed by atoms with E-state index < -0.39 is 0 Å². The molecule has 106 valence electrons. The summed E-state index contributed by atoms with van der Waals surface area (Å²) < 4.78 is 2.06. The second kappa shape index (κ2) is 5.57. The molecule has 0 spiro atoms. The third kappa shape index (κ3) is 2.75. The van der Waals surface area contributed by atoms with Crippen LogP contribution < -0.4 is 0 Å². The lowest BCUT2D eigenvalue weighted by Crippen LogP contribution is -1.92. The summed E-state index contributed by atoms with van der Waals surface area (Å²) in [6, 6.07) is 14.6. The third-order valence-electron chi connectivity index (χ3n) is 3.26. The highest BCUT2D eigenvalue weighted by atomic mass is 32.2.